The van der Waals surface area contributed by atoms with Gasteiger partial charge in [0.15, 0.2) is 0 Å². The molecule has 0 saturated carbocycles. The van der Waals surface area contributed by atoms with E-state index in [-0.39, 0.29) is 18.1 Å². The number of hydrogen-bond acceptors (Lipinski definition) is 6. The van der Waals surface area contributed by atoms with Crippen LogP contribution in [0, 0.1) is 10.1 Å². The van der Waals surface area contributed by atoms with Crippen LogP contribution in [0.2, 0.25) is 0 Å². The van der Waals surface area contributed by atoms with E-state index >= 15 is 0 Å². The number of methoxy groups -OCH3 is 1. The van der Waals surface area contributed by atoms with E-state index in [1.54, 1.807) is 37.4 Å². The molecule has 0 aliphatic rings. The lowest BCUT2D eigenvalue weighted by atomic mass is 10.1. The SMILES string of the molecule is CCC(O)Nc1c2cc(OC)ccc2nc2cccc([N+](=O)[O-])c12.Cl. The van der Waals surface area contributed by atoms with Crippen LogP contribution in [0.15, 0.2) is 36.4 Å². The highest BCUT2D eigenvalue weighted by atomic mass is 35.5. The molecule has 132 valence electrons. The van der Waals surface area contributed by atoms with Crippen molar-refractivity contribution >= 4 is 45.6 Å². The number of nitro benzene ring substituents is 1. The lowest BCUT2D eigenvalue weighted by molar-refractivity contribution is -0.383. The summed E-state index contributed by atoms with van der Waals surface area (Å²) in [4.78, 5) is 15.5. The molecule has 0 radical (unpaired) electrons. The third-order valence-electron chi connectivity index (χ3n) is 3.88. The minimum Gasteiger partial charge on any atom is -0.497 e. The van der Waals surface area contributed by atoms with E-state index < -0.39 is 11.2 Å². The largest absolute Gasteiger partial charge is 0.497 e. The van der Waals surface area contributed by atoms with Crippen molar-refractivity contribution in [3.8, 4) is 5.75 Å². The Hall–Kier alpha value is -2.64. The highest BCUT2D eigenvalue weighted by molar-refractivity contribution is 6.11. The summed E-state index contributed by atoms with van der Waals surface area (Å²) in [5.41, 5.74) is 1.58. The predicted molar refractivity (Wildman–Crippen MR) is 99.6 cm³/mol. The van der Waals surface area contributed by atoms with E-state index in [1.165, 1.54) is 6.07 Å². The Morgan fingerprint density at radius 2 is 2.08 bits per heavy atom. The fourth-order valence-corrected chi connectivity index (χ4v) is 2.65. The van der Waals surface area contributed by atoms with Crippen molar-refractivity contribution in [2.75, 3.05) is 12.4 Å². The molecule has 1 aromatic heterocycles. The van der Waals surface area contributed by atoms with Crippen LogP contribution >= 0.6 is 12.4 Å². The minimum absolute atomic E-state index is 0. The van der Waals surface area contributed by atoms with Gasteiger partial charge in [-0.05, 0) is 30.7 Å². The quantitative estimate of drug-likeness (QED) is 0.309. The van der Waals surface area contributed by atoms with Crippen LogP contribution in [0.3, 0.4) is 0 Å². The zero-order valence-electron chi connectivity index (χ0n) is 13.7. The van der Waals surface area contributed by atoms with Gasteiger partial charge in [0.05, 0.1) is 28.8 Å². The lowest BCUT2D eigenvalue weighted by Crippen LogP contribution is -2.17. The molecule has 0 amide bonds. The second-order valence-electron chi connectivity index (χ2n) is 5.37. The van der Waals surface area contributed by atoms with Crippen molar-refractivity contribution in [2.45, 2.75) is 19.6 Å². The maximum absolute atomic E-state index is 11.4. The van der Waals surface area contributed by atoms with Crippen LogP contribution in [-0.2, 0) is 0 Å². The number of rotatable bonds is 5. The number of aliphatic hydroxyl groups excluding tert-OH is 1. The molecule has 0 saturated heterocycles. The molecule has 25 heavy (non-hydrogen) atoms. The van der Waals surface area contributed by atoms with Crippen molar-refractivity contribution in [3.63, 3.8) is 0 Å². The Kier molecular flexibility index (Phi) is 5.61. The Balaban J connectivity index is 0.00000225. The first-order chi connectivity index (χ1) is 11.5. The molecule has 0 spiro atoms. The Bertz CT molecular complexity index is 933. The van der Waals surface area contributed by atoms with Crippen LogP contribution in [0.1, 0.15) is 13.3 Å². The molecular weight excluding hydrogens is 346 g/mol. The first-order valence-corrected chi connectivity index (χ1v) is 7.54. The van der Waals surface area contributed by atoms with Crippen molar-refractivity contribution in [3.05, 3.63) is 46.5 Å². The third kappa shape index (κ3) is 3.42. The van der Waals surface area contributed by atoms with Gasteiger partial charge in [0.25, 0.3) is 5.69 Å². The van der Waals surface area contributed by atoms with Gasteiger partial charge in [0.2, 0.25) is 0 Å². The average molecular weight is 364 g/mol. The van der Waals surface area contributed by atoms with Gasteiger partial charge in [-0.25, -0.2) is 4.98 Å². The predicted octanol–water partition coefficient (Wildman–Crippen LogP) is 3.87. The summed E-state index contributed by atoms with van der Waals surface area (Å²) in [5, 5.41) is 25.5. The summed E-state index contributed by atoms with van der Waals surface area (Å²) < 4.78 is 5.25. The number of ether oxygens (including phenoxy) is 1. The maximum atomic E-state index is 11.4. The molecule has 3 aromatic rings. The molecule has 8 heteroatoms. The number of aliphatic hydroxyl groups is 1. The smallest absolute Gasteiger partial charge is 0.280 e. The van der Waals surface area contributed by atoms with Gasteiger partial charge in [-0.1, -0.05) is 13.0 Å². The number of non-ortho nitro benzene ring substituents is 1. The molecule has 2 N–H and O–H groups in total. The fraction of sp³-hybridized carbons (Fsp3) is 0.235. The Morgan fingerprint density at radius 1 is 1.32 bits per heavy atom. The first-order valence-electron chi connectivity index (χ1n) is 7.54. The average Bonchev–Trinajstić information content (AvgIpc) is 2.60. The maximum Gasteiger partial charge on any atom is 0.280 e. The van der Waals surface area contributed by atoms with E-state index in [2.05, 4.69) is 10.3 Å². The van der Waals surface area contributed by atoms with Crippen LogP contribution in [0.4, 0.5) is 11.4 Å². The van der Waals surface area contributed by atoms with E-state index in [0.717, 1.165) is 0 Å². The molecule has 2 aromatic carbocycles. The van der Waals surface area contributed by atoms with E-state index in [4.69, 9.17) is 4.74 Å². The highest BCUT2D eigenvalue weighted by Gasteiger charge is 2.20. The van der Waals surface area contributed by atoms with Crippen LogP contribution in [0.5, 0.6) is 5.75 Å². The van der Waals surface area contributed by atoms with Crippen LogP contribution in [-0.4, -0.2) is 28.4 Å². The molecule has 0 bridgehead atoms. The molecule has 0 aliphatic carbocycles. The Labute approximate surface area is 150 Å². The van der Waals surface area contributed by atoms with Gasteiger partial charge in [-0.15, -0.1) is 12.4 Å². The molecular formula is C17H18ClN3O4. The third-order valence-corrected chi connectivity index (χ3v) is 3.88. The monoisotopic (exact) mass is 363 g/mol. The summed E-state index contributed by atoms with van der Waals surface area (Å²) in [6, 6.07) is 10.1. The normalized spacial score (nSPS) is 11.8. The number of hydrogen-bond donors (Lipinski definition) is 2. The number of fused-ring (bicyclic) bond motifs is 2. The van der Waals surface area contributed by atoms with Gasteiger partial charge < -0.3 is 15.2 Å². The second-order valence-corrected chi connectivity index (χ2v) is 5.37. The van der Waals surface area contributed by atoms with Gasteiger partial charge in [0.1, 0.15) is 17.4 Å². The highest BCUT2D eigenvalue weighted by Crippen LogP contribution is 2.38. The van der Waals surface area contributed by atoms with E-state index in [1.807, 2.05) is 6.92 Å². The van der Waals surface area contributed by atoms with Crippen molar-refractivity contribution < 1.29 is 14.8 Å². The summed E-state index contributed by atoms with van der Waals surface area (Å²) in [5.74, 6) is 0.608. The standard InChI is InChI=1S/C17H17N3O4.ClH/c1-3-15(21)19-17-11-9-10(24-2)7-8-12(11)18-13-5-4-6-14(16(13)17)20(22)23;/h4-9,15,21H,3H2,1-2H3,(H,18,19);1H. The number of nitrogens with one attached hydrogen (secondary N) is 1. The number of nitrogens with zero attached hydrogens (tertiary/aromatic N) is 2. The molecule has 1 unspecified atom stereocenters. The lowest BCUT2D eigenvalue weighted by Gasteiger charge is -2.17. The molecule has 1 atom stereocenters. The topological polar surface area (TPSA) is 97.5 Å². The number of halogens is 1. The Morgan fingerprint density at radius 3 is 2.72 bits per heavy atom. The zero-order chi connectivity index (χ0) is 17.3. The van der Waals surface area contributed by atoms with Crippen molar-refractivity contribution in [1.29, 1.82) is 0 Å². The molecule has 0 aliphatic heterocycles. The number of nitro groups is 1. The summed E-state index contributed by atoms with van der Waals surface area (Å²) in [6.45, 7) is 1.82. The molecule has 1 heterocycles. The fourth-order valence-electron chi connectivity index (χ4n) is 2.65. The molecule has 0 fully saturated rings. The summed E-state index contributed by atoms with van der Waals surface area (Å²) in [6.07, 6.45) is -0.375. The molecule has 3 rings (SSSR count). The van der Waals surface area contributed by atoms with E-state index in [9.17, 15) is 15.2 Å². The zero-order valence-corrected chi connectivity index (χ0v) is 14.5. The van der Waals surface area contributed by atoms with Gasteiger partial charge in [-0.3, -0.25) is 10.1 Å². The van der Waals surface area contributed by atoms with Gasteiger partial charge in [-0.2, -0.15) is 0 Å². The van der Waals surface area contributed by atoms with Crippen molar-refractivity contribution in [1.82, 2.24) is 4.98 Å². The summed E-state index contributed by atoms with van der Waals surface area (Å²) >= 11 is 0. The van der Waals surface area contributed by atoms with Crippen LogP contribution < -0.4 is 10.1 Å². The van der Waals surface area contributed by atoms with Crippen LogP contribution in [0.25, 0.3) is 21.8 Å². The number of benzene rings is 2. The van der Waals surface area contributed by atoms with Gasteiger partial charge in [0, 0.05) is 11.5 Å². The first kappa shape index (κ1) is 18.7. The molecule has 7 nitrogen and oxygen atoms in total. The van der Waals surface area contributed by atoms with Gasteiger partial charge >= 0.3 is 0 Å². The van der Waals surface area contributed by atoms with Crippen molar-refractivity contribution in [2.24, 2.45) is 0 Å². The second kappa shape index (κ2) is 7.50. The summed E-state index contributed by atoms with van der Waals surface area (Å²) in [7, 11) is 1.55. The number of pyridine rings is 1. The van der Waals surface area contributed by atoms with E-state index in [0.29, 0.717) is 39.7 Å². The number of aromatic nitrogens is 1. The number of anilines is 1. The minimum atomic E-state index is -0.829.